The summed E-state index contributed by atoms with van der Waals surface area (Å²) in [4.78, 5) is 3.89. The molecule has 96 valence electrons. The van der Waals surface area contributed by atoms with Gasteiger partial charge in [-0.2, -0.15) is 4.98 Å². The summed E-state index contributed by atoms with van der Waals surface area (Å²) < 4.78 is 31.6. The van der Waals surface area contributed by atoms with Crippen molar-refractivity contribution in [1.82, 2.24) is 10.1 Å². The Morgan fingerprint density at radius 2 is 2.06 bits per heavy atom. The van der Waals surface area contributed by atoms with Gasteiger partial charge in [-0.25, -0.2) is 8.78 Å². The predicted molar refractivity (Wildman–Crippen MR) is 59.6 cm³/mol. The molecule has 0 fully saturated rings. The smallest absolute Gasteiger partial charge is 0.261 e. The van der Waals surface area contributed by atoms with Crippen LogP contribution in [0.25, 0.3) is 11.5 Å². The number of rotatable bonds is 3. The van der Waals surface area contributed by atoms with E-state index in [4.69, 9.17) is 4.52 Å². The van der Waals surface area contributed by atoms with Crippen LogP contribution in [0.1, 0.15) is 30.8 Å². The van der Waals surface area contributed by atoms with Gasteiger partial charge >= 0.3 is 0 Å². The molecule has 1 unspecified atom stereocenters. The highest BCUT2D eigenvalue weighted by Crippen LogP contribution is 2.25. The minimum Gasteiger partial charge on any atom is -0.385 e. The molecule has 1 aromatic carbocycles. The highest BCUT2D eigenvalue weighted by Gasteiger charge is 2.18. The molecule has 0 bridgehead atoms. The van der Waals surface area contributed by atoms with Gasteiger partial charge in [0.05, 0.1) is 5.56 Å². The number of aryl methyl sites for hydroxylation is 1. The summed E-state index contributed by atoms with van der Waals surface area (Å²) >= 11 is 0. The molecule has 1 aromatic heterocycles. The molecule has 4 nitrogen and oxygen atoms in total. The number of benzene rings is 1. The SMILES string of the molecule is CCC(O)c1noc(-c2cc(C)c(F)cc2F)n1. The van der Waals surface area contributed by atoms with Crippen LogP contribution in [0, 0.1) is 18.6 Å². The molecule has 0 aliphatic carbocycles. The van der Waals surface area contributed by atoms with Crippen LogP contribution < -0.4 is 0 Å². The van der Waals surface area contributed by atoms with Crippen molar-refractivity contribution in [3.8, 4) is 11.5 Å². The van der Waals surface area contributed by atoms with Crippen molar-refractivity contribution >= 4 is 0 Å². The summed E-state index contributed by atoms with van der Waals surface area (Å²) in [5.74, 6) is -1.39. The molecule has 1 heterocycles. The molecule has 6 heteroatoms. The number of aliphatic hydroxyl groups is 1. The second-order valence-electron chi connectivity index (χ2n) is 3.96. The van der Waals surface area contributed by atoms with Crippen LogP contribution in [0.3, 0.4) is 0 Å². The highest BCUT2D eigenvalue weighted by molar-refractivity contribution is 5.55. The largest absolute Gasteiger partial charge is 0.385 e. The van der Waals surface area contributed by atoms with E-state index in [-0.39, 0.29) is 22.8 Å². The monoisotopic (exact) mass is 254 g/mol. The number of aliphatic hydroxyl groups excluding tert-OH is 1. The maximum absolute atomic E-state index is 13.6. The summed E-state index contributed by atoms with van der Waals surface area (Å²) in [7, 11) is 0. The Balaban J connectivity index is 2.43. The first kappa shape index (κ1) is 12.6. The van der Waals surface area contributed by atoms with E-state index < -0.39 is 17.7 Å². The van der Waals surface area contributed by atoms with E-state index in [0.29, 0.717) is 6.42 Å². The quantitative estimate of drug-likeness (QED) is 0.914. The lowest BCUT2D eigenvalue weighted by atomic mass is 10.1. The average Bonchev–Trinajstić information content (AvgIpc) is 2.82. The van der Waals surface area contributed by atoms with Crippen LogP contribution >= 0.6 is 0 Å². The lowest BCUT2D eigenvalue weighted by molar-refractivity contribution is 0.159. The van der Waals surface area contributed by atoms with Crippen molar-refractivity contribution in [2.75, 3.05) is 0 Å². The van der Waals surface area contributed by atoms with Gasteiger partial charge in [0.1, 0.15) is 17.7 Å². The number of hydrogen-bond donors (Lipinski definition) is 1. The van der Waals surface area contributed by atoms with E-state index in [9.17, 15) is 13.9 Å². The molecule has 0 amide bonds. The third-order valence-corrected chi connectivity index (χ3v) is 2.61. The molecule has 0 aliphatic rings. The first-order chi connectivity index (χ1) is 8.52. The highest BCUT2D eigenvalue weighted by atomic mass is 19.1. The van der Waals surface area contributed by atoms with Crippen molar-refractivity contribution < 1.29 is 18.4 Å². The Morgan fingerprint density at radius 3 is 2.72 bits per heavy atom. The van der Waals surface area contributed by atoms with Crippen LogP contribution in [-0.2, 0) is 0 Å². The van der Waals surface area contributed by atoms with Crippen LogP contribution in [0.15, 0.2) is 16.7 Å². The predicted octanol–water partition coefficient (Wildman–Crippen LogP) is 2.77. The molecule has 0 aliphatic heterocycles. The second-order valence-corrected chi connectivity index (χ2v) is 3.96. The molecule has 18 heavy (non-hydrogen) atoms. The van der Waals surface area contributed by atoms with E-state index in [1.165, 1.54) is 13.0 Å². The molecule has 0 radical (unpaired) electrons. The molecule has 0 saturated carbocycles. The number of hydrogen-bond acceptors (Lipinski definition) is 4. The summed E-state index contributed by atoms with van der Waals surface area (Å²) in [5.41, 5.74) is 0.304. The molecule has 1 N–H and O–H groups in total. The van der Waals surface area contributed by atoms with Gasteiger partial charge in [-0.1, -0.05) is 12.1 Å². The Morgan fingerprint density at radius 1 is 1.33 bits per heavy atom. The van der Waals surface area contributed by atoms with E-state index in [1.807, 2.05) is 0 Å². The van der Waals surface area contributed by atoms with Crippen molar-refractivity contribution in [3.63, 3.8) is 0 Å². The van der Waals surface area contributed by atoms with Crippen LogP contribution in [0.5, 0.6) is 0 Å². The van der Waals surface area contributed by atoms with E-state index in [1.54, 1.807) is 6.92 Å². The zero-order valence-electron chi connectivity index (χ0n) is 9.94. The lowest BCUT2D eigenvalue weighted by Gasteiger charge is -2.01. The summed E-state index contributed by atoms with van der Waals surface area (Å²) in [6.07, 6.45) is -0.434. The molecular weight excluding hydrogens is 242 g/mol. The Bertz CT molecular complexity index is 569. The van der Waals surface area contributed by atoms with E-state index in [2.05, 4.69) is 10.1 Å². The normalized spacial score (nSPS) is 12.7. The molecule has 2 rings (SSSR count). The maximum Gasteiger partial charge on any atom is 0.261 e. The second kappa shape index (κ2) is 4.81. The van der Waals surface area contributed by atoms with Crippen LogP contribution in [0.2, 0.25) is 0 Å². The summed E-state index contributed by atoms with van der Waals surface area (Å²) in [5, 5.41) is 13.1. The number of aromatic nitrogens is 2. The first-order valence-corrected chi connectivity index (χ1v) is 5.50. The number of nitrogens with zero attached hydrogens (tertiary/aromatic N) is 2. The fourth-order valence-corrected chi connectivity index (χ4v) is 1.48. The van der Waals surface area contributed by atoms with Gasteiger partial charge in [0.25, 0.3) is 5.89 Å². The third-order valence-electron chi connectivity index (χ3n) is 2.61. The summed E-state index contributed by atoms with van der Waals surface area (Å²) in [6.45, 7) is 3.26. The van der Waals surface area contributed by atoms with E-state index >= 15 is 0 Å². The molecular formula is C12H12F2N2O2. The van der Waals surface area contributed by atoms with Gasteiger partial charge in [-0.15, -0.1) is 0 Å². The zero-order valence-corrected chi connectivity index (χ0v) is 9.94. The average molecular weight is 254 g/mol. The van der Waals surface area contributed by atoms with Crippen LogP contribution in [0.4, 0.5) is 8.78 Å². The maximum atomic E-state index is 13.6. The third kappa shape index (κ3) is 2.24. The lowest BCUT2D eigenvalue weighted by Crippen LogP contribution is -1.97. The first-order valence-electron chi connectivity index (χ1n) is 5.50. The van der Waals surface area contributed by atoms with Gasteiger partial charge in [-0.3, -0.25) is 0 Å². The van der Waals surface area contributed by atoms with Gasteiger partial charge in [0, 0.05) is 6.07 Å². The van der Waals surface area contributed by atoms with Gasteiger partial charge in [0.15, 0.2) is 0 Å². The Labute approximate surface area is 102 Å². The fraction of sp³-hybridized carbons (Fsp3) is 0.333. The molecule has 0 saturated heterocycles. The molecule has 2 aromatic rings. The van der Waals surface area contributed by atoms with Crippen molar-refractivity contribution in [2.24, 2.45) is 0 Å². The standard InChI is InChI=1S/C12H12F2N2O2/c1-3-10(17)11-15-12(18-16-11)7-4-6(2)8(13)5-9(7)14/h4-5,10,17H,3H2,1-2H3. The van der Waals surface area contributed by atoms with Gasteiger partial charge in [0.2, 0.25) is 5.82 Å². The minimum atomic E-state index is -0.855. The van der Waals surface area contributed by atoms with Crippen molar-refractivity contribution in [2.45, 2.75) is 26.4 Å². The molecule has 0 spiro atoms. The van der Waals surface area contributed by atoms with Gasteiger partial charge in [-0.05, 0) is 25.0 Å². The number of halogens is 2. The minimum absolute atomic E-state index is 0.0240. The summed E-state index contributed by atoms with van der Waals surface area (Å²) in [6, 6.07) is 2.06. The van der Waals surface area contributed by atoms with Crippen molar-refractivity contribution in [3.05, 3.63) is 35.2 Å². The topological polar surface area (TPSA) is 59.2 Å². The Kier molecular flexibility index (Phi) is 3.38. The van der Waals surface area contributed by atoms with Gasteiger partial charge < -0.3 is 9.63 Å². The fourth-order valence-electron chi connectivity index (χ4n) is 1.48. The van der Waals surface area contributed by atoms with E-state index in [0.717, 1.165) is 6.07 Å². The van der Waals surface area contributed by atoms with Crippen LogP contribution in [-0.4, -0.2) is 15.2 Å². The Hall–Kier alpha value is -1.82. The zero-order chi connectivity index (χ0) is 13.3. The molecule has 1 atom stereocenters. The van der Waals surface area contributed by atoms with Crippen molar-refractivity contribution in [1.29, 1.82) is 0 Å².